The van der Waals surface area contributed by atoms with Crippen molar-refractivity contribution in [1.82, 2.24) is 10.6 Å². The number of carbonyl (C=O) groups is 3. The molecule has 0 atom stereocenters. The molecule has 0 aliphatic heterocycles. The molecule has 1 saturated carbocycles. The number of carboxylic acids is 1. The molecule has 3 aromatic carbocycles. The average Bonchev–Trinajstić information content (AvgIpc) is 2.99. The first kappa shape index (κ1) is 30.0. The lowest BCUT2D eigenvalue weighted by atomic mass is 9.84. The first-order valence-corrected chi connectivity index (χ1v) is 13.9. The third kappa shape index (κ3) is 8.27. The van der Waals surface area contributed by atoms with Gasteiger partial charge >= 0.3 is 17.9 Å². The van der Waals surface area contributed by atoms with E-state index in [9.17, 15) is 23.2 Å². The molecule has 41 heavy (non-hydrogen) atoms. The predicted molar refractivity (Wildman–Crippen MR) is 153 cm³/mol. The first-order chi connectivity index (χ1) is 19.6. The van der Waals surface area contributed by atoms with Crippen molar-refractivity contribution in [2.45, 2.75) is 57.0 Å². The number of anilines is 1. The fraction of sp³-hybridized carbons (Fsp3) is 0.323. The fourth-order valence-corrected chi connectivity index (χ4v) is 4.96. The molecule has 1 fully saturated rings. The molecule has 3 amide bonds. The van der Waals surface area contributed by atoms with Crippen LogP contribution in [0, 0.1) is 0 Å². The van der Waals surface area contributed by atoms with E-state index in [4.69, 9.17) is 16.7 Å². The maximum absolute atomic E-state index is 13.4. The van der Waals surface area contributed by atoms with E-state index in [0.717, 1.165) is 5.56 Å². The summed E-state index contributed by atoms with van der Waals surface area (Å²) >= 11 is 5.97. The van der Waals surface area contributed by atoms with Crippen molar-refractivity contribution in [2.24, 2.45) is 0 Å². The Morgan fingerprint density at radius 2 is 1.46 bits per heavy atom. The normalized spacial score (nSPS) is 13.8. The van der Waals surface area contributed by atoms with E-state index in [1.54, 1.807) is 29.2 Å². The number of carbonyl (C=O) groups excluding carboxylic acids is 2. The minimum atomic E-state index is -4.07. The van der Waals surface area contributed by atoms with Crippen LogP contribution in [0.3, 0.4) is 0 Å². The molecule has 3 aromatic rings. The second kappa shape index (κ2) is 13.6. The molecular weight excluding hydrogens is 552 g/mol. The SMILES string of the molecule is O=C(NCC(F)(F)C(=O)O)c1ccc(CN(C(=O)NCc2ccc(Cl)cc2)c2ccc(C3CCCCC3)cc2)cc1. The van der Waals surface area contributed by atoms with Gasteiger partial charge < -0.3 is 15.7 Å². The molecule has 7 nitrogen and oxygen atoms in total. The summed E-state index contributed by atoms with van der Waals surface area (Å²) < 4.78 is 26.6. The van der Waals surface area contributed by atoms with E-state index in [1.165, 1.54) is 49.8 Å². The van der Waals surface area contributed by atoms with E-state index in [-0.39, 0.29) is 18.1 Å². The Balaban J connectivity index is 1.48. The van der Waals surface area contributed by atoms with E-state index in [0.29, 0.717) is 28.7 Å². The van der Waals surface area contributed by atoms with Gasteiger partial charge in [0.05, 0.1) is 13.1 Å². The van der Waals surface area contributed by atoms with Gasteiger partial charge in [0.15, 0.2) is 0 Å². The second-order valence-corrected chi connectivity index (χ2v) is 10.6. The zero-order valence-electron chi connectivity index (χ0n) is 22.4. The third-order valence-electron chi connectivity index (χ3n) is 7.22. The third-order valence-corrected chi connectivity index (χ3v) is 7.48. The lowest BCUT2D eigenvalue weighted by molar-refractivity contribution is -0.163. The minimum absolute atomic E-state index is 0.0884. The molecule has 0 aromatic heterocycles. The average molecular weight is 584 g/mol. The van der Waals surface area contributed by atoms with Gasteiger partial charge in [-0.05, 0) is 71.8 Å². The zero-order chi connectivity index (χ0) is 29.4. The number of rotatable bonds is 10. The minimum Gasteiger partial charge on any atom is -0.477 e. The number of hydrogen-bond acceptors (Lipinski definition) is 3. The Labute approximate surface area is 242 Å². The highest BCUT2D eigenvalue weighted by molar-refractivity contribution is 6.30. The van der Waals surface area contributed by atoms with Crippen molar-refractivity contribution in [3.63, 3.8) is 0 Å². The number of carboxylic acid groups (broad SMARTS) is 1. The van der Waals surface area contributed by atoms with Gasteiger partial charge in [0, 0.05) is 22.8 Å². The summed E-state index contributed by atoms with van der Waals surface area (Å²) in [5.74, 6) is -6.68. The lowest BCUT2D eigenvalue weighted by Crippen LogP contribution is -2.42. The van der Waals surface area contributed by atoms with Gasteiger partial charge in [-0.2, -0.15) is 8.78 Å². The van der Waals surface area contributed by atoms with Crippen molar-refractivity contribution < 1.29 is 28.3 Å². The number of amides is 3. The molecule has 216 valence electrons. The standard InChI is InChI=1S/C31H32ClF2N3O4/c32-26-14-8-21(9-15-26)18-35-30(41)37(27-16-12-24(13-17-27)23-4-2-1-3-5-23)19-22-6-10-25(11-7-22)28(38)36-20-31(33,34)29(39)40/h6-17,23H,1-5,18-20H2,(H,35,41)(H,36,38)(H,39,40). The van der Waals surface area contributed by atoms with Crippen LogP contribution in [0.2, 0.25) is 5.02 Å². The van der Waals surface area contributed by atoms with Gasteiger partial charge in [0.25, 0.3) is 5.91 Å². The van der Waals surface area contributed by atoms with Crippen LogP contribution in [-0.4, -0.2) is 35.5 Å². The van der Waals surface area contributed by atoms with E-state index in [2.05, 4.69) is 17.4 Å². The molecule has 0 bridgehead atoms. The van der Waals surface area contributed by atoms with Crippen LogP contribution in [0.5, 0.6) is 0 Å². The van der Waals surface area contributed by atoms with Crippen molar-refractivity contribution >= 4 is 35.2 Å². The quantitative estimate of drug-likeness (QED) is 0.246. The number of alkyl halides is 2. The summed E-state index contributed by atoms with van der Waals surface area (Å²) in [4.78, 5) is 37.8. The molecule has 10 heteroatoms. The summed E-state index contributed by atoms with van der Waals surface area (Å²) in [6, 6.07) is 21.0. The van der Waals surface area contributed by atoms with Crippen LogP contribution in [0.25, 0.3) is 0 Å². The summed E-state index contributed by atoms with van der Waals surface area (Å²) in [6.45, 7) is -0.831. The zero-order valence-corrected chi connectivity index (χ0v) is 23.2. The van der Waals surface area contributed by atoms with E-state index >= 15 is 0 Å². The van der Waals surface area contributed by atoms with Gasteiger partial charge in [-0.1, -0.05) is 67.3 Å². The Bertz CT molecular complexity index is 1340. The number of hydrogen-bond donors (Lipinski definition) is 3. The smallest absolute Gasteiger partial charge is 0.376 e. The van der Waals surface area contributed by atoms with Crippen molar-refractivity contribution in [3.05, 3.63) is 100 Å². The van der Waals surface area contributed by atoms with Gasteiger partial charge in [0.2, 0.25) is 0 Å². The first-order valence-electron chi connectivity index (χ1n) is 13.5. The van der Waals surface area contributed by atoms with Gasteiger partial charge in [0.1, 0.15) is 0 Å². The van der Waals surface area contributed by atoms with Crippen molar-refractivity contribution in [2.75, 3.05) is 11.4 Å². The molecule has 0 heterocycles. The highest BCUT2D eigenvalue weighted by Gasteiger charge is 2.39. The number of aliphatic carboxylic acids is 1. The van der Waals surface area contributed by atoms with Crippen LogP contribution < -0.4 is 15.5 Å². The van der Waals surface area contributed by atoms with Crippen LogP contribution >= 0.6 is 11.6 Å². The van der Waals surface area contributed by atoms with Crippen molar-refractivity contribution in [1.29, 1.82) is 0 Å². The highest BCUT2D eigenvalue weighted by atomic mass is 35.5. The number of nitrogens with one attached hydrogen (secondary N) is 2. The van der Waals surface area contributed by atoms with Crippen molar-refractivity contribution in [3.8, 4) is 0 Å². The molecule has 0 spiro atoms. The lowest BCUT2D eigenvalue weighted by Gasteiger charge is -2.26. The molecule has 3 N–H and O–H groups in total. The molecule has 0 saturated heterocycles. The van der Waals surface area contributed by atoms with Gasteiger partial charge in [-0.15, -0.1) is 0 Å². The Kier molecular flexibility index (Phi) is 9.94. The molecule has 1 aliphatic rings. The van der Waals surface area contributed by atoms with E-state index in [1.807, 2.05) is 29.6 Å². The topological polar surface area (TPSA) is 98.7 Å². The highest BCUT2D eigenvalue weighted by Crippen LogP contribution is 2.33. The van der Waals surface area contributed by atoms with Gasteiger partial charge in [-0.25, -0.2) is 9.59 Å². The largest absolute Gasteiger partial charge is 0.477 e. The number of halogens is 3. The van der Waals surface area contributed by atoms with Crippen LogP contribution in [-0.2, 0) is 17.9 Å². The van der Waals surface area contributed by atoms with Crippen LogP contribution in [0.4, 0.5) is 19.3 Å². The molecule has 1 aliphatic carbocycles. The maximum Gasteiger partial charge on any atom is 0.376 e. The Morgan fingerprint density at radius 3 is 2.07 bits per heavy atom. The van der Waals surface area contributed by atoms with Gasteiger partial charge in [-0.3, -0.25) is 9.69 Å². The molecule has 0 unspecified atom stereocenters. The molecule has 0 radical (unpaired) electrons. The Morgan fingerprint density at radius 1 is 0.854 bits per heavy atom. The van der Waals surface area contributed by atoms with E-state index < -0.39 is 24.3 Å². The van der Waals surface area contributed by atoms with Crippen LogP contribution in [0.15, 0.2) is 72.8 Å². The monoisotopic (exact) mass is 583 g/mol. The predicted octanol–water partition coefficient (Wildman–Crippen LogP) is 6.75. The Hall–Kier alpha value is -3.98. The number of benzene rings is 3. The summed E-state index contributed by atoms with van der Waals surface area (Å²) in [5, 5.41) is 14.0. The van der Waals surface area contributed by atoms with Crippen LogP contribution in [0.1, 0.15) is 65.1 Å². The maximum atomic E-state index is 13.4. The fourth-order valence-electron chi connectivity index (χ4n) is 4.83. The molecular formula is C31H32ClF2N3O4. The second-order valence-electron chi connectivity index (χ2n) is 10.2. The summed E-state index contributed by atoms with van der Waals surface area (Å²) in [7, 11) is 0. The molecule has 4 rings (SSSR count). The summed E-state index contributed by atoms with van der Waals surface area (Å²) in [5.41, 5.74) is 3.65. The number of nitrogens with zero attached hydrogens (tertiary/aromatic N) is 1. The summed E-state index contributed by atoms with van der Waals surface area (Å²) in [6.07, 6.45) is 6.05. The number of urea groups is 1.